The Hall–Kier alpha value is -3.99. The number of aryl methyl sites for hydroxylation is 1. The number of oxazole rings is 1. The molecule has 2 aromatic heterocycles. The standard InChI is InChI=1S/C22H15F2N3O3/c1-26-20-19(30-18(25-20)9-5-8-14-6-3-2-4-7-14)21(28)27(22(26)29)13-15-10-11-16(23)17(24)12-15/h2-4,6-7,10-12H,8,13H2,1H3. The first-order valence-corrected chi connectivity index (χ1v) is 9.01. The van der Waals surface area contributed by atoms with Gasteiger partial charge in [-0.25, -0.2) is 13.6 Å². The summed E-state index contributed by atoms with van der Waals surface area (Å²) in [5.74, 6) is 3.62. The third kappa shape index (κ3) is 3.65. The number of hydrogen-bond donors (Lipinski definition) is 0. The molecule has 8 heteroatoms. The van der Waals surface area contributed by atoms with Crippen molar-refractivity contribution in [1.29, 1.82) is 0 Å². The molecule has 2 aromatic carbocycles. The molecule has 0 unspecified atom stereocenters. The molecular weight excluding hydrogens is 392 g/mol. The van der Waals surface area contributed by atoms with E-state index in [2.05, 4.69) is 16.8 Å². The molecule has 0 aliphatic rings. The fraction of sp³-hybridized carbons (Fsp3) is 0.136. The summed E-state index contributed by atoms with van der Waals surface area (Å²) in [6.45, 7) is -0.242. The zero-order chi connectivity index (χ0) is 21.3. The molecule has 0 N–H and O–H groups in total. The molecule has 0 spiro atoms. The van der Waals surface area contributed by atoms with Gasteiger partial charge in [0.2, 0.25) is 5.58 Å². The molecule has 0 amide bonds. The second-order valence-electron chi connectivity index (χ2n) is 6.62. The van der Waals surface area contributed by atoms with Crippen molar-refractivity contribution in [3.63, 3.8) is 0 Å². The van der Waals surface area contributed by atoms with Gasteiger partial charge in [0.05, 0.1) is 6.54 Å². The van der Waals surface area contributed by atoms with E-state index in [1.54, 1.807) is 0 Å². The van der Waals surface area contributed by atoms with Crippen LogP contribution in [0.2, 0.25) is 0 Å². The number of nitrogens with zero attached hydrogens (tertiary/aromatic N) is 3. The molecule has 150 valence electrons. The Morgan fingerprint density at radius 1 is 1.03 bits per heavy atom. The Labute approximate surface area is 169 Å². The van der Waals surface area contributed by atoms with E-state index >= 15 is 0 Å². The Morgan fingerprint density at radius 3 is 2.53 bits per heavy atom. The predicted octanol–water partition coefficient (Wildman–Crippen LogP) is 2.61. The molecule has 0 radical (unpaired) electrons. The quantitative estimate of drug-likeness (QED) is 0.490. The minimum atomic E-state index is -1.06. The molecule has 0 fully saturated rings. The zero-order valence-corrected chi connectivity index (χ0v) is 15.9. The highest BCUT2D eigenvalue weighted by Crippen LogP contribution is 2.11. The van der Waals surface area contributed by atoms with E-state index in [0.717, 1.165) is 26.8 Å². The molecule has 0 atom stereocenters. The first kappa shape index (κ1) is 19.3. The average Bonchev–Trinajstić information content (AvgIpc) is 3.17. The van der Waals surface area contributed by atoms with Crippen molar-refractivity contribution in [3.05, 3.63) is 98.0 Å². The average molecular weight is 407 g/mol. The molecular formula is C22H15F2N3O3. The topological polar surface area (TPSA) is 70.0 Å². The number of fused-ring (bicyclic) bond motifs is 1. The van der Waals surface area contributed by atoms with Crippen molar-refractivity contribution >= 4 is 11.2 Å². The monoisotopic (exact) mass is 407 g/mol. The van der Waals surface area contributed by atoms with Crippen molar-refractivity contribution < 1.29 is 13.2 Å². The molecule has 0 saturated carbocycles. The number of halogens is 2. The van der Waals surface area contributed by atoms with Crippen LogP contribution >= 0.6 is 0 Å². The highest BCUT2D eigenvalue weighted by atomic mass is 19.2. The summed E-state index contributed by atoms with van der Waals surface area (Å²) in [5.41, 5.74) is -0.174. The Balaban J connectivity index is 1.71. The highest BCUT2D eigenvalue weighted by molar-refractivity contribution is 5.67. The van der Waals surface area contributed by atoms with E-state index < -0.39 is 22.9 Å². The van der Waals surface area contributed by atoms with Gasteiger partial charge in [0, 0.05) is 13.5 Å². The van der Waals surface area contributed by atoms with Gasteiger partial charge in [0.25, 0.3) is 5.89 Å². The van der Waals surface area contributed by atoms with Crippen LogP contribution in [0, 0.1) is 23.5 Å². The van der Waals surface area contributed by atoms with Crippen molar-refractivity contribution in [2.24, 2.45) is 7.05 Å². The maximum atomic E-state index is 13.5. The molecule has 6 nitrogen and oxygen atoms in total. The highest BCUT2D eigenvalue weighted by Gasteiger charge is 2.17. The largest absolute Gasteiger partial charge is 0.422 e. The lowest BCUT2D eigenvalue weighted by Gasteiger charge is -2.07. The molecule has 30 heavy (non-hydrogen) atoms. The molecule has 0 saturated heterocycles. The fourth-order valence-corrected chi connectivity index (χ4v) is 2.99. The summed E-state index contributed by atoms with van der Waals surface area (Å²) in [5, 5.41) is 0. The van der Waals surface area contributed by atoms with Crippen molar-refractivity contribution in [1.82, 2.24) is 14.1 Å². The van der Waals surface area contributed by atoms with Crippen LogP contribution in [0.15, 0.2) is 62.5 Å². The minimum Gasteiger partial charge on any atom is -0.422 e. The SMILES string of the molecule is Cn1c(=O)n(Cc2ccc(F)c(F)c2)c(=O)c2oc(C#CCc3ccccc3)nc21. The third-order valence-electron chi connectivity index (χ3n) is 4.54. The van der Waals surface area contributed by atoms with Crippen LogP contribution in [0.3, 0.4) is 0 Å². The number of aromatic nitrogens is 3. The van der Waals surface area contributed by atoms with Gasteiger partial charge in [-0.3, -0.25) is 13.9 Å². The normalized spacial score (nSPS) is 10.8. The van der Waals surface area contributed by atoms with E-state index in [4.69, 9.17) is 4.42 Å². The summed E-state index contributed by atoms with van der Waals surface area (Å²) < 4.78 is 34.1. The Morgan fingerprint density at radius 2 is 1.80 bits per heavy atom. The molecule has 4 aromatic rings. The van der Waals surface area contributed by atoms with Crippen molar-refractivity contribution in [2.75, 3.05) is 0 Å². The van der Waals surface area contributed by atoms with Gasteiger partial charge in [-0.15, -0.1) is 0 Å². The van der Waals surface area contributed by atoms with Crippen LogP contribution in [0.4, 0.5) is 8.78 Å². The third-order valence-corrected chi connectivity index (χ3v) is 4.54. The first-order valence-electron chi connectivity index (χ1n) is 9.01. The summed E-state index contributed by atoms with van der Waals surface area (Å²) in [6, 6.07) is 12.8. The first-order chi connectivity index (χ1) is 14.4. The fourth-order valence-electron chi connectivity index (χ4n) is 2.99. The van der Waals surface area contributed by atoms with Gasteiger partial charge in [-0.2, -0.15) is 4.98 Å². The summed E-state index contributed by atoms with van der Waals surface area (Å²) in [6.07, 6.45) is 0.471. The van der Waals surface area contributed by atoms with Gasteiger partial charge < -0.3 is 4.42 Å². The van der Waals surface area contributed by atoms with Gasteiger partial charge in [-0.1, -0.05) is 42.3 Å². The Kier molecular flexibility index (Phi) is 5.02. The van der Waals surface area contributed by atoms with Gasteiger partial charge >= 0.3 is 11.2 Å². The van der Waals surface area contributed by atoms with E-state index in [1.165, 1.54) is 13.1 Å². The molecule has 0 bridgehead atoms. The van der Waals surface area contributed by atoms with Crippen molar-refractivity contribution in [2.45, 2.75) is 13.0 Å². The maximum Gasteiger partial charge on any atom is 0.332 e. The molecule has 4 rings (SSSR count). The smallest absolute Gasteiger partial charge is 0.332 e. The second-order valence-corrected chi connectivity index (χ2v) is 6.62. The zero-order valence-electron chi connectivity index (χ0n) is 15.9. The lowest BCUT2D eigenvalue weighted by Crippen LogP contribution is -2.39. The summed E-state index contributed by atoms with van der Waals surface area (Å²) in [4.78, 5) is 29.5. The predicted molar refractivity (Wildman–Crippen MR) is 106 cm³/mol. The van der Waals surface area contributed by atoms with E-state index in [-0.39, 0.29) is 29.2 Å². The lowest BCUT2D eigenvalue weighted by molar-refractivity contribution is 0.505. The van der Waals surface area contributed by atoms with E-state index in [1.807, 2.05) is 30.3 Å². The van der Waals surface area contributed by atoms with E-state index in [9.17, 15) is 18.4 Å². The van der Waals surface area contributed by atoms with Crippen molar-refractivity contribution in [3.8, 4) is 11.8 Å². The van der Waals surface area contributed by atoms with Crippen LogP contribution in [0.25, 0.3) is 11.2 Å². The summed E-state index contributed by atoms with van der Waals surface area (Å²) in [7, 11) is 1.44. The van der Waals surface area contributed by atoms with Crippen LogP contribution in [0.5, 0.6) is 0 Å². The summed E-state index contributed by atoms with van der Waals surface area (Å²) >= 11 is 0. The number of benzene rings is 2. The second kappa shape index (κ2) is 7.79. The van der Waals surface area contributed by atoms with Crippen LogP contribution in [-0.2, 0) is 20.0 Å². The maximum absolute atomic E-state index is 13.5. The van der Waals surface area contributed by atoms with Crippen LogP contribution < -0.4 is 11.2 Å². The van der Waals surface area contributed by atoms with Crippen LogP contribution in [-0.4, -0.2) is 14.1 Å². The van der Waals surface area contributed by atoms with Gasteiger partial charge in [-0.05, 0) is 29.2 Å². The van der Waals surface area contributed by atoms with Gasteiger partial charge in [0.1, 0.15) is 0 Å². The van der Waals surface area contributed by atoms with E-state index in [0.29, 0.717) is 6.42 Å². The number of hydrogen-bond acceptors (Lipinski definition) is 4. The molecule has 0 aliphatic heterocycles. The molecule has 0 aliphatic carbocycles. The Bertz CT molecular complexity index is 1420. The lowest BCUT2D eigenvalue weighted by atomic mass is 10.2. The minimum absolute atomic E-state index is 0.0126. The molecule has 2 heterocycles. The van der Waals surface area contributed by atoms with Crippen LogP contribution in [0.1, 0.15) is 17.0 Å². The number of rotatable bonds is 3. The van der Waals surface area contributed by atoms with Gasteiger partial charge in [0.15, 0.2) is 17.3 Å².